The molecule has 1 aliphatic rings. The fourth-order valence-electron chi connectivity index (χ4n) is 4.37. The number of ether oxygens (including phenoxy) is 4. The molecule has 1 heterocycles. The molecule has 190 valence electrons. The summed E-state index contributed by atoms with van der Waals surface area (Å²) in [5.41, 5.74) is 0.265. The smallest absolute Gasteiger partial charge is 0.417 e. The standard InChI is InChI=1S/C27H26F3NO5/c1-33-18-8-10-19(11-9-18)36-16-23-21-15-25(35-3)24(34-2)14-17(21)12-13-31(23)26(32)20-6-4-5-7-22(20)27(28,29)30/h4-11,14-15,23H,12-13,16H2,1-3H3/t23-/m1/s1. The minimum atomic E-state index is -4.66. The first-order valence-electron chi connectivity index (χ1n) is 11.3. The van der Waals surface area contributed by atoms with Crippen LogP contribution in [0.1, 0.15) is 33.1 Å². The van der Waals surface area contributed by atoms with Gasteiger partial charge in [-0.1, -0.05) is 12.1 Å². The summed E-state index contributed by atoms with van der Waals surface area (Å²) >= 11 is 0. The Morgan fingerprint density at radius 2 is 1.56 bits per heavy atom. The zero-order valence-electron chi connectivity index (χ0n) is 20.1. The van der Waals surface area contributed by atoms with Crippen molar-refractivity contribution in [3.8, 4) is 23.0 Å². The average molecular weight is 502 g/mol. The number of alkyl halides is 3. The van der Waals surface area contributed by atoms with E-state index in [4.69, 9.17) is 18.9 Å². The number of nitrogens with zero attached hydrogens (tertiary/aromatic N) is 1. The van der Waals surface area contributed by atoms with Gasteiger partial charge in [0.1, 0.15) is 18.1 Å². The van der Waals surface area contributed by atoms with Gasteiger partial charge in [-0.3, -0.25) is 4.79 Å². The number of carbonyl (C=O) groups is 1. The van der Waals surface area contributed by atoms with Crippen molar-refractivity contribution in [2.24, 2.45) is 0 Å². The zero-order chi connectivity index (χ0) is 25.9. The Bertz CT molecular complexity index is 1230. The van der Waals surface area contributed by atoms with Crippen molar-refractivity contribution in [1.82, 2.24) is 4.90 Å². The maximum absolute atomic E-state index is 13.7. The van der Waals surface area contributed by atoms with E-state index in [0.717, 1.165) is 17.2 Å². The summed E-state index contributed by atoms with van der Waals surface area (Å²) in [4.78, 5) is 15.0. The van der Waals surface area contributed by atoms with Crippen molar-refractivity contribution < 1.29 is 36.9 Å². The number of carbonyl (C=O) groups excluding carboxylic acids is 1. The van der Waals surface area contributed by atoms with E-state index >= 15 is 0 Å². The number of fused-ring (bicyclic) bond motifs is 1. The number of methoxy groups -OCH3 is 3. The summed E-state index contributed by atoms with van der Waals surface area (Å²) in [6.45, 7) is 0.235. The Kier molecular flexibility index (Phi) is 7.28. The minimum Gasteiger partial charge on any atom is -0.497 e. The summed E-state index contributed by atoms with van der Waals surface area (Å²) < 4.78 is 63.1. The molecule has 1 atom stereocenters. The molecule has 1 aliphatic heterocycles. The first-order valence-corrected chi connectivity index (χ1v) is 11.3. The third-order valence-corrected chi connectivity index (χ3v) is 6.19. The van der Waals surface area contributed by atoms with Crippen LogP contribution >= 0.6 is 0 Å². The normalized spacial score (nSPS) is 15.2. The number of hydrogen-bond acceptors (Lipinski definition) is 5. The first kappa shape index (κ1) is 25.2. The second kappa shape index (κ2) is 10.4. The third-order valence-electron chi connectivity index (χ3n) is 6.19. The van der Waals surface area contributed by atoms with E-state index in [2.05, 4.69) is 0 Å². The van der Waals surface area contributed by atoms with Gasteiger partial charge in [0.15, 0.2) is 11.5 Å². The SMILES string of the molecule is COc1ccc(OC[C@@H]2c3cc(OC)c(OC)cc3CCN2C(=O)c2ccccc2C(F)(F)F)cc1. The van der Waals surface area contributed by atoms with E-state index < -0.39 is 29.3 Å². The highest BCUT2D eigenvalue weighted by molar-refractivity contribution is 5.96. The molecule has 0 saturated carbocycles. The number of hydrogen-bond donors (Lipinski definition) is 0. The van der Waals surface area contributed by atoms with Gasteiger partial charge in [-0.05, 0) is 66.1 Å². The van der Waals surface area contributed by atoms with Crippen LogP contribution in [0.3, 0.4) is 0 Å². The number of amides is 1. The molecule has 3 aromatic carbocycles. The molecule has 0 fully saturated rings. The van der Waals surface area contributed by atoms with Crippen molar-refractivity contribution in [3.05, 3.63) is 82.9 Å². The van der Waals surface area contributed by atoms with Crippen LogP contribution in [0.15, 0.2) is 60.7 Å². The van der Waals surface area contributed by atoms with Crippen molar-refractivity contribution in [2.45, 2.75) is 18.6 Å². The molecule has 0 N–H and O–H groups in total. The van der Waals surface area contributed by atoms with Crippen LogP contribution in [0, 0.1) is 0 Å². The molecule has 0 spiro atoms. The maximum Gasteiger partial charge on any atom is 0.417 e. The van der Waals surface area contributed by atoms with Gasteiger partial charge in [-0.25, -0.2) is 0 Å². The van der Waals surface area contributed by atoms with E-state index in [9.17, 15) is 18.0 Å². The average Bonchev–Trinajstić information content (AvgIpc) is 2.90. The van der Waals surface area contributed by atoms with Gasteiger partial charge in [-0.15, -0.1) is 0 Å². The number of halogens is 3. The molecule has 0 unspecified atom stereocenters. The van der Waals surface area contributed by atoms with Crippen LogP contribution < -0.4 is 18.9 Å². The first-order chi connectivity index (χ1) is 17.3. The van der Waals surface area contributed by atoms with Gasteiger partial charge in [0.25, 0.3) is 5.91 Å². The highest BCUT2D eigenvalue weighted by Crippen LogP contribution is 2.40. The summed E-state index contributed by atoms with van der Waals surface area (Å²) in [6.07, 6.45) is -4.22. The van der Waals surface area contributed by atoms with E-state index in [-0.39, 0.29) is 13.2 Å². The Hall–Kier alpha value is -3.88. The van der Waals surface area contributed by atoms with E-state index in [1.807, 2.05) is 6.07 Å². The van der Waals surface area contributed by atoms with Gasteiger partial charge >= 0.3 is 6.18 Å². The Labute approximate surface area is 207 Å². The van der Waals surface area contributed by atoms with Crippen LogP contribution in [0.4, 0.5) is 13.2 Å². The van der Waals surface area contributed by atoms with Crippen molar-refractivity contribution in [3.63, 3.8) is 0 Å². The van der Waals surface area contributed by atoms with E-state index in [1.165, 1.54) is 37.3 Å². The minimum absolute atomic E-state index is 0.0226. The van der Waals surface area contributed by atoms with Crippen molar-refractivity contribution in [1.29, 1.82) is 0 Å². The summed E-state index contributed by atoms with van der Waals surface area (Å²) in [5, 5.41) is 0. The fourth-order valence-corrected chi connectivity index (χ4v) is 4.37. The lowest BCUT2D eigenvalue weighted by atomic mass is 9.91. The second-order valence-electron chi connectivity index (χ2n) is 8.20. The quantitative estimate of drug-likeness (QED) is 0.425. The molecule has 0 aliphatic carbocycles. The van der Waals surface area contributed by atoms with Gasteiger partial charge < -0.3 is 23.8 Å². The van der Waals surface area contributed by atoms with Gasteiger partial charge in [0.05, 0.1) is 38.5 Å². The Balaban J connectivity index is 1.73. The largest absolute Gasteiger partial charge is 0.497 e. The van der Waals surface area contributed by atoms with Gasteiger partial charge in [0, 0.05) is 6.54 Å². The molecule has 4 rings (SSSR count). The fraction of sp³-hybridized carbons (Fsp3) is 0.296. The monoisotopic (exact) mass is 501 g/mol. The number of rotatable bonds is 7. The Morgan fingerprint density at radius 1 is 0.917 bits per heavy atom. The van der Waals surface area contributed by atoms with Crippen molar-refractivity contribution >= 4 is 5.91 Å². The van der Waals surface area contributed by atoms with Crippen molar-refractivity contribution in [2.75, 3.05) is 34.5 Å². The molecule has 6 nitrogen and oxygen atoms in total. The molecule has 0 bridgehead atoms. The van der Waals surface area contributed by atoms with E-state index in [0.29, 0.717) is 29.4 Å². The number of benzene rings is 3. The zero-order valence-corrected chi connectivity index (χ0v) is 20.1. The van der Waals surface area contributed by atoms with Gasteiger partial charge in [0.2, 0.25) is 0 Å². The molecular formula is C27H26F3NO5. The second-order valence-corrected chi connectivity index (χ2v) is 8.20. The summed E-state index contributed by atoms with van der Waals surface area (Å²) in [7, 11) is 4.58. The molecule has 0 aromatic heterocycles. The van der Waals surface area contributed by atoms with Crippen LogP contribution in [0.2, 0.25) is 0 Å². The lowest BCUT2D eigenvalue weighted by Gasteiger charge is -2.38. The summed E-state index contributed by atoms with van der Waals surface area (Å²) in [5.74, 6) is 1.46. The summed E-state index contributed by atoms with van der Waals surface area (Å²) in [6, 6.07) is 14.7. The molecule has 3 aromatic rings. The molecule has 36 heavy (non-hydrogen) atoms. The molecule has 0 radical (unpaired) electrons. The highest BCUT2D eigenvalue weighted by Gasteiger charge is 2.39. The van der Waals surface area contributed by atoms with Crippen LogP contribution in [0.25, 0.3) is 0 Å². The van der Waals surface area contributed by atoms with Gasteiger partial charge in [-0.2, -0.15) is 13.2 Å². The van der Waals surface area contributed by atoms with E-state index in [1.54, 1.807) is 37.4 Å². The van der Waals surface area contributed by atoms with Crippen LogP contribution in [0.5, 0.6) is 23.0 Å². The lowest BCUT2D eigenvalue weighted by Crippen LogP contribution is -2.43. The molecule has 0 saturated heterocycles. The predicted octanol–water partition coefficient (Wildman–Crippen LogP) is 5.55. The molecule has 1 amide bonds. The topological polar surface area (TPSA) is 57.2 Å². The highest BCUT2D eigenvalue weighted by atomic mass is 19.4. The predicted molar refractivity (Wildman–Crippen MR) is 127 cm³/mol. The maximum atomic E-state index is 13.7. The molecular weight excluding hydrogens is 475 g/mol. The van der Waals surface area contributed by atoms with Crippen LogP contribution in [-0.2, 0) is 12.6 Å². The third kappa shape index (κ3) is 5.05. The Morgan fingerprint density at radius 3 is 2.19 bits per heavy atom. The van der Waals surface area contributed by atoms with Crippen LogP contribution in [-0.4, -0.2) is 45.3 Å². The lowest BCUT2D eigenvalue weighted by molar-refractivity contribution is -0.138. The molecule has 9 heteroatoms.